The number of carbonyl (C=O) groups excluding carboxylic acids is 1. The first-order valence-electron chi connectivity index (χ1n) is 6.16. The van der Waals surface area contributed by atoms with Gasteiger partial charge in [0.2, 0.25) is 0 Å². The molecular weight excluding hydrogens is 292 g/mol. The zero-order valence-corrected chi connectivity index (χ0v) is 11.9. The number of ether oxygens (including phenoxy) is 2. The van der Waals surface area contributed by atoms with Gasteiger partial charge >= 0.3 is 12.1 Å². The van der Waals surface area contributed by atoms with E-state index in [1.54, 1.807) is 13.8 Å². The van der Waals surface area contributed by atoms with Gasteiger partial charge in [-0.15, -0.1) is 0 Å². The van der Waals surface area contributed by atoms with E-state index in [0.29, 0.717) is 12.5 Å². The Balaban J connectivity index is 2.80. The van der Waals surface area contributed by atoms with Crippen LogP contribution in [-0.2, 0) is 15.7 Å². The topological polar surface area (TPSA) is 35.5 Å². The summed E-state index contributed by atoms with van der Waals surface area (Å²) >= 11 is 0. The Labute approximate surface area is 119 Å². The fourth-order valence-corrected chi connectivity index (χ4v) is 1.48. The van der Waals surface area contributed by atoms with Crippen LogP contribution in [0.2, 0.25) is 0 Å². The first-order valence-corrected chi connectivity index (χ1v) is 6.16. The van der Waals surface area contributed by atoms with Crippen LogP contribution < -0.4 is 0 Å². The van der Waals surface area contributed by atoms with Crippen molar-refractivity contribution in [2.45, 2.75) is 32.0 Å². The standard InChI is InChI=1S/C14H16F4O3/c1-13(2,20-3)7-8-21-12(19)9-5-4-6-10(11(9)15)14(16,17)18/h4-6H,7-8H2,1-3H3. The summed E-state index contributed by atoms with van der Waals surface area (Å²) in [6.45, 7) is 3.42. The molecule has 118 valence electrons. The fraction of sp³-hybridized carbons (Fsp3) is 0.500. The normalized spacial score (nSPS) is 12.3. The summed E-state index contributed by atoms with van der Waals surface area (Å²) in [4.78, 5) is 11.6. The van der Waals surface area contributed by atoms with E-state index in [2.05, 4.69) is 0 Å². The molecule has 0 saturated heterocycles. The maximum absolute atomic E-state index is 13.7. The predicted octanol–water partition coefficient (Wildman–Crippen LogP) is 3.82. The van der Waals surface area contributed by atoms with E-state index >= 15 is 0 Å². The maximum atomic E-state index is 13.7. The molecule has 0 unspecified atom stereocenters. The van der Waals surface area contributed by atoms with Gasteiger partial charge in [-0.2, -0.15) is 13.2 Å². The van der Waals surface area contributed by atoms with Crippen LogP contribution in [-0.4, -0.2) is 25.3 Å². The molecule has 0 amide bonds. The average Bonchev–Trinajstić information content (AvgIpc) is 2.37. The minimum absolute atomic E-state index is 0.0879. The molecule has 1 aromatic carbocycles. The average molecular weight is 308 g/mol. The first kappa shape index (κ1) is 17.4. The monoisotopic (exact) mass is 308 g/mol. The predicted molar refractivity (Wildman–Crippen MR) is 67.4 cm³/mol. The van der Waals surface area contributed by atoms with Gasteiger partial charge < -0.3 is 9.47 Å². The van der Waals surface area contributed by atoms with Gasteiger partial charge in [0.25, 0.3) is 0 Å². The first-order chi connectivity index (χ1) is 9.58. The van der Waals surface area contributed by atoms with Crippen molar-refractivity contribution >= 4 is 5.97 Å². The highest BCUT2D eigenvalue weighted by atomic mass is 19.4. The van der Waals surface area contributed by atoms with Crippen LogP contribution in [0.1, 0.15) is 36.2 Å². The van der Waals surface area contributed by atoms with Crippen molar-refractivity contribution in [2.75, 3.05) is 13.7 Å². The number of carbonyl (C=O) groups is 1. The molecule has 0 aromatic heterocycles. The van der Waals surface area contributed by atoms with Gasteiger partial charge in [0.1, 0.15) is 5.82 Å². The molecule has 0 N–H and O–H groups in total. The molecule has 1 rings (SSSR count). The lowest BCUT2D eigenvalue weighted by Gasteiger charge is -2.22. The Morgan fingerprint density at radius 2 is 1.86 bits per heavy atom. The molecule has 0 aliphatic heterocycles. The molecular formula is C14H16F4O3. The van der Waals surface area contributed by atoms with Crippen molar-refractivity contribution < 1.29 is 31.8 Å². The molecule has 0 aliphatic rings. The molecule has 3 nitrogen and oxygen atoms in total. The summed E-state index contributed by atoms with van der Waals surface area (Å²) in [7, 11) is 1.48. The fourth-order valence-electron chi connectivity index (χ4n) is 1.48. The number of hydrogen-bond donors (Lipinski definition) is 0. The third kappa shape index (κ3) is 4.70. The molecule has 0 radical (unpaired) electrons. The van der Waals surface area contributed by atoms with Crippen molar-refractivity contribution in [3.05, 3.63) is 35.1 Å². The summed E-state index contributed by atoms with van der Waals surface area (Å²) in [5, 5.41) is 0. The summed E-state index contributed by atoms with van der Waals surface area (Å²) in [6, 6.07) is 2.48. The van der Waals surface area contributed by atoms with E-state index in [1.165, 1.54) is 7.11 Å². The van der Waals surface area contributed by atoms with Gasteiger partial charge in [0, 0.05) is 13.5 Å². The van der Waals surface area contributed by atoms with E-state index < -0.39 is 34.7 Å². The molecule has 0 spiro atoms. The zero-order valence-electron chi connectivity index (χ0n) is 11.9. The second kappa shape index (κ2) is 6.43. The van der Waals surface area contributed by atoms with E-state index in [0.717, 1.165) is 12.1 Å². The van der Waals surface area contributed by atoms with Gasteiger partial charge in [0.05, 0.1) is 23.3 Å². The number of alkyl halides is 3. The number of halogens is 4. The number of esters is 1. The minimum atomic E-state index is -4.86. The maximum Gasteiger partial charge on any atom is 0.419 e. The SMILES string of the molecule is COC(C)(C)CCOC(=O)c1cccc(C(F)(F)F)c1F. The molecule has 21 heavy (non-hydrogen) atoms. The second-order valence-corrected chi connectivity index (χ2v) is 5.01. The third-order valence-electron chi connectivity index (χ3n) is 3.01. The molecule has 0 saturated carbocycles. The molecule has 0 heterocycles. The van der Waals surface area contributed by atoms with Crippen LogP contribution in [0.3, 0.4) is 0 Å². The number of methoxy groups -OCH3 is 1. The van der Waals surface area contributed by atoms with Gasteiger partial charge in [0.15, 0.2) is 0 Å². The van der Waals surface area contributed by atoms with Crippen LogP contribution in [0, 0.1) is 5.82 Å². The van der Waals surface area contributed by atoms with E-state index in [4.69, 9.17) is 9.47 Å². The Kier molecular flexibility index (Phi) is 5.33. The summed E-state index contributed by atoms with van der Waals surface area (Å²) < 4.78 is 61.2. The van der Waals surface area contributed by atoms with Gasteiger partial charge in [-0.3, -0.25) is 0 Å². The quantitative estimate of drug-likeness (QED) is 0.613. The Bertz CT molecular complexity index is 509. The smallest absolute Gasteiger partial charge is 0.419 e. The van der Waals surface area contributed by atoms with E-state index in [9.17, 15) is 22.4 Å². The highest BCUT2D eigenvalue weighted by Crippen LogP contribution is 2.32. The highest BCUT2D eigenvalue weighted by Gasteiger charge is 2.36. The summed E-state index contributed by atoms with van der Waals surface area (Å²) in [6.07, 6.45) is -4.53. The number of rotatable bonds is 5. The van der Waals surface area contributed by atoms with Gasteiger partial charge in [-0.1, -0.05) is 6.07 Å². The molecule has 0 bridgehead atoms. The van der Waals surface area contributed by atoms with Crippen molar-refractivity contribution in [3.63, 3.8) is 0 Å². The lowest BCUT2D eigenvalue weighted by molar-refractivity contribution is -0.140. The van der Waals surface area contributed by atoms with Crippen molar-refractivity contribution in [1.82, 2.24) is 0 Å². The van der Waals surface area contributed by atoms with Crippen LogP contribution in [0.25, 0.3) is 0 Å². The lowest BCUT2D eigenvalue weighted by Crippen LogP contribution is -2.25. The molecule has 0 atom stereocenters. The summed E-state index contributed by atoms with van der Waals surface area (Å²) in [5.74, 6) is -2.76. The lowest BCUT2D eigenvalue weighted by atomic mass is 10.1. The molecule has 0 aliphatic carbocycles. The van der Waals surface area contributed by atoms with Crippen molar-refractivity contribution in [1.29, 1.82) is 0 Å². The van der Waals surface area contributed by atoms with Crippen molar-refractivity contribution in [2.24, 2.45) is 0 Å². The van der Waals surface area contributed by atoms with Gasteiger partial charge in [-0.25, -0.2) is 9.18 Å². The molecule has 1 aromatic rings. The number of benzene rings is 1. The van der Waals surface area contributed by atoms with Crippen LogP contribution >= 0.6 is 0 Å². The molecule has 7 heteroatoms. The van der Waals surface area contributed by atoms with E-state index in [-0.39, 0.29) is 6.61 Å². The van der Waals surface area contributed by atoms with Crippen molar-refractivity contribution in [3.8, 4) is 0 Å². The third-order valence-corrected chi connectivity index (χ3v) is 3.01. The Hall–Kier alpha value is -1.63. The minimum Gasteiger partial charge on any atom is -0.462 e. The second-order valence-electron chi connectivity index (χ2n) is 5.01. The zero-order chi connectivity index (χ0) is 16.3. The van der Waals surface area contributed by atoms with Gasteiger partial charge in [-0.05, 0) is 26.0 Å². The van der Waals surface area contributed by atoms with Crippen LogP contribution in [0.4, 0.5) is 17.6 Å². The highest BCUT2D eigenvalue weighted by molar-refractivity contribution is 5.90. The van der Waals surface area contributed by atoms with Crippen LogP contribution in [0.5, 0.6) is 0 Å². The largest absolute Gasteiger partial charge is 0.462 e. The Morgan fingerprint density at radius 3 is 2.38 bits per heavy atom. The summed E-state index contributed by atoms with van der Waals surface area (Å²) in [5.41, 5.74) is -2.78. The molecule has 0 fully saturated rings. The van der Waals surface area contributed by atoms with Crippen LogP contribution in [0.15, 0.2) is 18.2 Å². The Morgan fingerprint density at radius 1 is 1.24 bits per heavy atom. The number of hydrogen-bond acceptors (Lipinski definition) is 3. The van der Waals surface area contributed by atoms with E-state index in [1.807, 2.05) is 0 Å².